The summed E-state index contributed by atoms with van der Waals surface area (Å²) in [6.45, 7) is 0. The van der Waals surface area contributed by atoms with E-state index in [2.05, 4.69) is 9.59 Å². The molecule has 0 spiro atoms. The second-order valence-electron chi connectivity index (χ2n) is 3.06. The molecule has 2 unspecified atom stereocenters. The zero-order chi connectivity index (χ0) is 9.10. The lowest BCUT2D eigenvalue weighted by Gasteiger charge is -2.25. The van der Waals surface area contributed by atoms with Crippen LogP contribution < -0.4 is 0 Å². The molecule has 1 aliphatic rings. The summed E-state index contributed by atoms with van der Waals surface area (Å²) in [5, 5.41) is 5.81. The van der Waals surface area contributed by atoms with Crippen LogP contribution in [-0.2, 0) is 9.53 Å². The van der Waals surface area contributed by atoms with Crippen molar-refractivity contribution in [2.45, 2.75) is 31.5 Å². The predicted octanol–water partition coefficient (Wildman–Crippen LogP) is 1.35. The normalized spacial score (nSPS) is 28.6. The quantitative estimate of drug-likeness (QED) is 0.673. The average molecular weight is 198 g/mol. The van der Waals surface area contributed by atoms with E-state index >= 15 is 0 Å². The Kier molecular flexibility index (Phi) is 2.65. The minimum absolute atomic E-state index is 0.0253. The molecule has 1 fully saturated rings. The molecular weight excluding hydrogens is 188 g/mol. The van der Waals surface area contributed by atoms with Crippen LogP contribution in [0.15, 0.2) is 5.38 Å². The number of hydrogen-bond acceptors (Lipinski definition) is 5. The van der Waals surface area contributed by atoms with E-state index in [-0.39, 0.29) is 12.2 Å². The molecular formula is C8H10N2O2S. The number of rotatable bonds is 2. The fourth-order valence-electron chi connectivity index (χ4n) is 1.48. The van der Waals surface area contributed by atoms with Gasteiger partial charge in [0.25, 0.3) is 0 Å². The second kappa shape index (κ2) is 3.93. The lowest BCUT2D eigenvalue weighted by molar-refractivity contribution is -0.127. The molecule has 5 heteroatoms. The molecule has 1 aliphatic heterocycles. The Morgan fingerprint density at radius 3 is 3.23 bits per heavy atom. The van der Waals surface area contributed by atoms with Crippen molar-refractivity contribution in [2.75, 3.05) is 0 Å². The van der Waals surface area contributed by atoms with Gasteiger partial charge < -0.3 is 9.53 Å². The van der Waals surface area contributed by atoms with E-state index in [4.69, 9.17) is 4.74 Å². The van der Waals surface area contributed by atoms with Crippen LogP contribution in [0, 0.1) is 0 Å². The van der Waals surface area contributed by atoms with Gasteiger partial charge in [0.2, 0.25) is 0 Å². The lowest BCUT2D eigenvalue weighted by Crippen LogP contribution is -2.23. The number of nitrogens with zero attached hydrogens (tertiary/aromatic N) is 2. The van der Waals surface area contributed by atoms with E-state index < -0.39 is 0 Å². The molecule has 2 heterocycles. The van der Waals surface area contributed by atoms with Crippen LogP contribution in [-0.4, -0.2) is 22.0 Å². The predicted molar refractivity (Wildman–Crippen MR) is 47.4 cm³/mol. The molecule has 0 aromatic carbocycles. The van der Waals surface area contributed by atoms with E-state index in [1.165, 1.54) is 11.5 Å². The topological polar surface area (TPSA) is 52.1 Å². The molecule has 0 bridgehead atoms. The molecule has 1 saturated heterocycles. The summed E-state index contributed by atoms with van der Waals surface area (Å²) >= 11 is 1.31. The molecule has 4 nitrogen and oxygen atoms in total. The largest absolute Gasteiger partial charge is 0.361 e. The monoisotopic (exact) mass is 198 g/mol. The Morgan fingerprint density at radius 1 is 1.62 bits per heavy atom. The van der Waals surface area contributed by atoms with Crippen LogP contribution >= 0.6 is 11.5 Å². The SMILES string of the molecule is O=CC1CCCC(c2csnn2)O1. The highest BCUT2D eigenvalue weighted by molar-refractivity contribution is 7.03. The third-order valence-electron chi connectivity index (χ3n) is 2.15. The fourth-order valence-corrected chi connectivity index (χ4v) is 1.98. The molecule has 1 aromatic rings. The summed E-state index contributed by atoms with van der Waals surface area (Å²) in [6.07, 6.45) is 3.38. The maximum Gasteiger partial charge on any atom is 0.148 e. The van der Waals surface area contributed by atoms with Crippen molar-refractivity contribution in [3.63, 3.8) is 0 Å². The molecule has 2 rings (SSSR count). The van der Waals surface area contributed by atoms with Crippen LogP contribution in [0.25, 0.3) is 0 Å². The number of aldehydes is 1. The Labute approximate surface area is 80.1 Å². The minimum Gasteiger partial charge on any atom is -0.361 e. The first-order valence-electron chi connectivity index (χ1n) is 4.28. The smallest absolute Gasteiger partial charge is 0.148 e. The van der Waals surface area contributed by atoms with Gasteiger partial charge in [-0.2, -0.15) is 0 Å². The Bertz CT molecular complexity index is 276. The van der Waals surface area contributed by atoms with Gasteiger partial charge in [-0.15, -0.1) is 5.10 Å². The van der Waals surface area contributed by atoms with Gasteiger partial charge in [-0.05, 0) is 30.8 Å². The summed E-state index contributed by atoms with van der Waals surface area (Å²) < 4.78 is 9.29. The molecule has 0 aliphatic carbocycles. The summed E-state index contributed by atoms with van der Waals surface area (Å²) in [7, 11) is 0. The van der Waals surface area contributed by atoms with Crippen LogP contribution in [0.1, 0.15) is 31.1 Å². The number of hydrogen-bond donors (Lipinski definition) is 0. The van der Waals surface area contributed by atoms with Crippen LogP contribution in [0.3, 0.4) is 0 Å². The molecule has 13 heavy (non-hydrogen) atoms. The van der Waals surface area contributed by atoms with Crippen LogP contribution in [0.4, 0.5) is 0 Å². The summed E-state index contributed by atoms with van der Waals surface area (Å²) in [5.41, 5.74) is 0.858. The fraction of sp³-hybridized carbons (Fsp3) is 0.625. The minimum atomic E-state index is -0.250. The number of carbonyl (C=O) groups is 1. The van der Waals surface area contributed by atoms with Crippen molar-refractivity contribution in [1.29, 1.82) is 0 Å². The third-order valence-corrected chi connectivity index (χ3v) is 2.68. The van der Waals surface area contributed by atoms with Gasteiger partial charge >= 0.3 is 0 Å². The standard InChI is InChI=1S/C8H10N2O2S/c11-4-6-2-1-3-8(12-6)7-5-13-10-9-7/h4-6,8H,1-3H2. The summed E-state index contributed by atoms with van der Waals surface area (Å²) in [6, 6.07) is 0. The highest BCUT2D eigenvalue weighted by Gasteiger charge is 2.24. The highest BCUT2D eigenvalue weighted by Crippen LogP contribution is 2.29. The molecule has 1 aromatic heterocycles. The molecule has 0 radical (unpaired) electrons. The van der Waals surface area contributed by atoms with Gasteiger partial charge in [-0.1, -0.05) is 4.49 Å². The van der Waals surface area contributed by atoms with E-state index in [0.29, 0.717) is 0 Å². The van der Waals surface area contributed by atoms with Gasteiger partial charge in [0.05, 0.1) is 0 Å². The van der Waals surface area contributed by atoms with E-state index in [9.17, 15) is 4.79 Å². The zero-order valence-corrected chi connectivity index (χ0v) is 7.87. The summed E-state index contributed by atoms with van der Waals surface area (Å²) in [5.74, 6) is 0. The van der Waals surface area contributed by atoms with Crippen molar-refractivity contribution >= 4 is 17.8 Å². The van der Waals surface area contributed by atoms with E-state index in [1.807, 2.05) is 5.38 Å². The van der Waals surface area contributed by atoms with Crippen molar-refractivity contribution < 1.29 is 9.53 Å². The molecule has 70 valence electrons. The maximum absolute atomic E-state index is 10.5. The third kappa shape index (κ3) is 1.92. The van der Waals surface area contributed by atoms with Crippen LogP contribution in [0.5, 0.6) is 0 Å². The zero-order valence-electron chi connectivity index (χ0n) is 7.05. The number of ether oxygens (including phenoxy) is 1. The van der Waals surface area contributed by atoms with Crippen molar-refractivity contribution in [3.8, 4) is 0 Å². The Morgan fingerprint density at radius 2 is 2.54 bits per heavy atom. The van der Waals surface area contributed by atoms with Crippen molar-refractivity contribution in [2.24, 2.45) is 0 Å². The van der Waals surface area contributed by atoms with E-state index in [1.54, 1.807) is 0 Å². The van der Waals surface area contributed by atoms with Gasteiger partial charge in [-0.25, -0.2) is 0 Å². The average Bonchev–Trinajstić information content (AvgIpc) is 2.71. The Hall–Kier alpha value is -0.810. The van der Waals surface area contributed by atoms with E-state index in [0.717, 1.165) is 31.2 Å². The molecule has 2 atom stereocenters. The van der Waals surface area contributed by atoms with Crippen LogP contribution in [0.2, 0.25) is 0 Å². The maximum atomic E-state index is 10.5. The highest BCUT2D eigenvalue weighted by atomic mass is 32.1. The Balaban J connectivity index is 2.04. The first kappa shape index (κ1) is 8.77. The number of aromatic nitrogens is 2. The number of carbonyl (C=O) groups excluding carboxylic acids is 1. The first-order chi connectivity index (χ1) is 6.40. The molecule has 0 amide bonds. The first-order valence-corrected chi connectivity index (χ1v) is 5.11. The van der Waals surface area contributed by atoms with Gasteiger partial charge in [0.1, 0.15) is 24.2 Å². The second-order valence-corrected chi connectivity index (χ2v) is 3.67. The van der Waals surface area contributed by atoms with Gasteiger partial charge in [-0.3, -0.25) is 0 Å². The summed E-state index contributed by atoms with van der Waals surface area (Å²) in [4.78, 5) is 10.5. The van der Waals surface area contributed by atoms with Gasteiger partial charge in [0, 0.05) is 5.38 Å². The molecule has 0 saturated carbocycles. The lowest BCUT2D eigenvalue weighted by atomic mass is 10.0. The van der Waals surface area contributed by atoms with Crippen molar-refractivity contribution in [1.82, 2.24) is 9.59 Å². The van der Waals surface area contributed by atoms with Crippen molar-refractivity contribution in [3.05, 3.63) is 11.1 Å². The molecule has 0 N–H and O–H groups in total. The van der Waals surface area contributed by atoms with Gasteiger partial charge in [0.15, 0.2) is 0 Å².